The number of rotatable bonds is 3. The van der Waals surface area contributed by atoms with Crippen molar-refractivity contribution in [3.63, 3.8) is 0 Å². The number of hydrogen-bond acceptors (Lipinski definition) is 5. The van der Waals surface area contributed by atoms with E-state index in [4.69, 9.17) is 0 Å². The van der Waals surface area contributed by atoms with Crippen molar-refractivity contribution >= 4 is 11.5 Å². The summed E-state index contributed by atoms with van der Waals surface area (Å²) in [5, 5.41) is 25.8. The molecule has 2 aliphatic heterocycles. The molecule has 2 saturated heterocycles. The highest BCUT2D eigenvalue weighted by Gasteiger charge is 2.45. The average Bonchev–Trinajstić information content (AvgIpc) is 2.84. The minimum absolute atomic E-state index is 0.0682. The molecule has 7 nitrogen and oxygen atoms in total. The Morgan fingerprint density at radius 1 is 1.33 bits per heavy atom. The van der Waals surface area contributed by atoms with E-state index in [1.54, 1.807) is 11.6 Å². The lowest BCUT2D eigenvalue weighted by molar-refractivity contribution is -0.384. The first kappa shape index (κ1) is 14.3. The van der Waals surface area contributed by atoms with Crippen molar-refractivity contribution in [2.75, 3.05) is 4.90 Å². The van der Waals surface area contributed by atoms with Crippen LogP contribution >= 0.6 is 0 Å². The third-order valence-corrected chi connectivity index (χ3v) is 4.65. The van der Waals surface area contributed by atoms with Gasteiger partial charge < -0.3 is 10.0 Å². The van der Waals surface area contributed by atoms with Gasteiger partial charge in [0.15, 0.2) is 0 Å². The zero-order valence-electron chi connectivity index (χ0n) is 12.7. The fraction of sp³-hybridized carbons (Fsp3) is 0.786. The maximum atomic E-state index is 11.5. The fourth-order valence-corrected chi connectivity index (χ4v) is 3.84. The number of hydrogen-bond donors (Lipinski definition) is 1. The van der Waals surface area contributed by atoms with Crippen LogP contribution in [0.3, 0.4) is 0 Å². The number of fused-ring (bicyclic) bond motifs is 2. The Kier molecular flexibility index (Phi) is 3.39. The number of nitrogens with zero attached hydrogens (tertiary/aromatic N) is 4. The van der Waals surface area contributed by atoms with Gasteiger partial charge in [-0.05, 0) is 46.5 Å². The molecule has 0 radical (unpaired) electrons. The van der Waals surface area contributed by atoms with Crippen LogP contribution in [0.5, 0.6) is 0 Å². The van der Waals surface area contributed by atoms with Crippen LogP contribution in [-0.2, 0) is 0 Å². The van der Waals surface area contributed by atoms with Gasteiger partial charge in [0.05, 0.1) is 11.0 Å². The summed E-state index contributed by atoms with van der Waals surface area (Å²) < 4.78 is 1.77. The molecule has 2 atom stereocenters. The van der Waals surface area contributed by atoms with E-state index in [2.05, 4.69) is 10.00 Å². The van der Waals surface area contributed by atoms with E-state index < -0.39 is 0 Å². The summed E-state index contributed by atoms with van der Waals surface area (Å²) in [5.74, 6) is 0.631. The van der Waals surface area contributed by atoms with E-state index >= 15 is 0 Å². The Morgan fingerprint density at radius 2 is 1.90 bits per heavy atom. The van der Waals surface area contributed by atoms with Gasteiger partial charge in [0.2, 0.25) is 5.82 Å². The number of aliphatic hydroxyl groups is 1. The molecule has 1 N–H and O–H groups in total. The number of piperidine rings is 1. The summed E-state index contributed by atoms with van der Waals surface area (Å²) >= 11 is 0. The molecule has 1 aromatic heterocycles. The molecule has 2 unspecified atom stereocenters. The summed E-state index contributed by atoms with van der Waals surface area (Å²) in [6, 6.07) is 0.441. The van der Waals surface area contributed by atoms with Crippen molar-refractivity contribution in [1.29, 1.82) is 0 Å². The van der Waals surface area contributed by atoms with E-state index in [1.807, 2.05) is 13.8 Å². The van der Waals surface area contributed by atoms with Crippen LogP contribution in [0.1, 0.15) is 51.3 Å². The zero-order chi connectivity index (χ0) is 15.3. The predicted octanol–water partition coefficient (Wildman–Crippen LogP) is 2.17. The topological polar surface area (TPSA) is 84.4 Å². The molecule has 7 heteroatoms. The molecular weight excluding hydrogens is 272 g/mol. The molecule has 1 aromatic rings. The molecule has 2 aliphatic rings. The Bertz CT molecular complexity index is 555. The maximum Gasteiger partial charge on any atom is 0.333 e. The van der Waals surface area contributed by atoms with Gasteiger partial charge >= 0.3 is 5.69 Å². The normalized spacial score (nSPS) is 28.4. The molecule has 0 amide bonds. The van der Waals surface area contributed by atoms with Gasteiger partial charge in [-0.15, -0.1) is 0 Å². The van der Waals surface area contributed by atoms with Gasteiger partial charge in [0, 0.05) is 18.1 Å². The first-order valence-corrected chi connectivity index (χ1v) is 7.60. The van der Waals surface area contributed by atoms with Gasteiger partial charge in [0.1, 0.15) is 5.69 Å². The molecule has 2 bridgehead atoms. The monoisotopic (exact) mass is 294 g/mol. The second-order valence-electron chi connectivity index (χ2n) is 6.47. The van der Waals surface area contributed by atoms with Gasteiger partial charge in [-0.1, -0.05) is 0 Å². The standard InChI is InChI=1S/C14H22N4O3/c1-8(2)17-14(13(18(20)21)9(3)15-17)16-10-4-5-11(16)7-12(19)6-10/h8,10-12,19H,4-7H2,1-3H3. The molecule has 116 valence electrons. The molecule has 0 saturated carbocycles. The van der Waals surface area contributed by atoms with Crippen LogP contribution in [0, 0.1) is 17.0 Å². The molecule has 3 heterocycles. The Labute approximate surface area is 123 Å². The van der Waals surface area contributed by atoms with Gasteiger partial charge in [-0.2, -0.15) is 5.10 Å². The smallest absolute Gasteiger partial charge is 0.333 e. The highest BCUT2D eigenvalue weighted by Crippen LogP contribution is 2.44. The Morgan fingerprint density at radius 3 is 2.38 bits per heavy atom. The third kappa shape index (κ3) is 2.19. The number of aromatic nitrogens is 2. The molecule has 0 spiro atoms. The van der Waals surface area contributed by atoms with E-state index in [1.165, 1.54) is 0 Å². The third-order valence-electron chi connectivity index (χ3n) is 4.65. The number of nitro groups is 1. The molecule has 2 fully saturated rings. The minimum Gasteiger partial charge on any atom is -0.393 e. The summed E-state index contributed by atoms with van der Waals surface area (Å²) in [5.41, 5.74) is 0.589. The molecule has 0 aromatic carbocycles. The van der Waals surface area contributed by atoms with E-state index in [-0.39, 0.29) is 34.8 Å². The maximum absolute atomic E-state index is 11.5. The zero-order valence-corrected chi connectivity index (χ0v) is 12.7. The average molecular weight is 294 g/mol. The highest BCUT2D eigenvalue weighted by atomic mass is 16.6. The molecule has 21 heavy (non-hydrogen) atoms. The van der Waals surface area contributed by atoms with Crippen molar-refractivity contribution in [3.05, 3.63) is 15.8 Å². The SMILES string of the molecule is Cc1nn(C(C)C)c(N2C3CCC2CC(O)C3)c1[N+](=O)[O-]. The van der Waals surface area contributed by atoms with Crippen LogP contribution in [0.2, 0.25) is 0 Å². The van der Waals surface area contributed by atoms with E-state index in [9.17, 15) is 15.2 Å². The van der Waals surface area contributed by atoms with Gasteiger partial charge in [0.25, 0.3) is 0 Å². The Hall–Kier alpha value is -1.63. The lowest BCUT2D eigenvalue weighted by Crippen LogP contribution is -2.46. The van der Waals surface area contributed by atoms with Gasteiger partial charge in [-0.3, -0.25) is 10.1 Å². The van der Waals surface area contributed by atoms with Crippen molar-refractivity contribution in [2.45, 2.75) is 70.7 Å². The predicted molar refractivity (Wildman–Crippen MR) is 78.5 cm³/mol. The number of anilines is 1. The number of aryl methyl sites for hydroxylation is 1. The summed E-state index contributed by atoms with van der Waals surface area (Å²) in [6.45, 7) is 5.67. The van der Waals surface area contributed by atoms with Gasteiger partial charge in [-0.25, -0.2) is 4.68 Å². The Balaban J connectivity index is 2.11. The lowest BCUT2D eigenvalue weighted by atomic mass is 10.00. The van der Waals surface area contributed by atoms with Crippen molar-refractivity contribution in [1.82, 2.24) is 9.78 Å². The molecule has 0 aliphatic carbocycles. The quantitative estimate of drug-likeness (QED) is 0.682. The van der Waals surface area contributed by atoms with Crippen molar-refractivity contribution in [3.8, 4) is 0 Å². The summed E-state index contributed by atoms with van der Waals surface area (Å²) in [7, 11) is 0. The van der Waals surface area contributed by atoms with Crippen LogP contribution < -0.4 is 4.90 Å². The fourth-order valence-electron chi connectivity index (χ4n) is 3.84. The van der Waals surface area contributed by atoms with Crippen LogP contribution in [0.15, 0.2) is 0 Å². The second-order valence-corrected chi connectivity index (χ2v) is 6.47. The number of aliphatic hydroxyl groups excluding tert-OH is 1. The van der Waals surface area contributed by atoms with Crippen LogP contribution in [-0.4, -0.2) is 38.0 Å². The molecular formula is C14H22N4O3. The lowest BCUT2D eigenvalue weighted by Gasteiger charge is -2.38. The first-order chi connectivity index (χ1) is 9.90. The highest BCUT2D eigenvalue weighted by molar-refractivity contribution is 5.63. The van der Waals surface area contributed by atoms with Crippen LogP contribution in [0.25, 0.3) is 0 Å². The summed E-state index contributed by atoms with van der Waals surface area (Å²) in [4.78, 5) is 13.3. The van der Waals surface area contributed by atoms with E-state index in [0.717, 1.165) is 12.8 Å². The first-order valence-electron chi connectivity index (χ1n) is 7.60. The largest absolute Gasteiger partial charge is 0.393 e. The molecule has 3 rings (SSSR count). The van der Waals surface area contributed by atoms with Crippen molar-refractivity contribution in [2.24, 2.45) is 0 Å². The second kappa shape index (κ2) is 4.98. The van der Waals surface area contributed by atoms with Crippen molar-refractivity contribution < 1.29 is 10.0 Å². The minimum atomic E-state index is -0.318. The van der Waals surface area contributed by atoms with Crippen LogP contribution in [0.4, 0.5) is 11.5 Å². The van der Waals surface area contributed by atoms with E-state index in [0.29, 0.717) is 24.4 Å². The summed E-state index contributed by atoms with van der Waals surface area (Å²) in [6.07, 6.45) is 3.07.